The molecule has 3 aromatic carbocycles. The molecule has 0 bridgehead atoms. The molecule has 3 rings (SSSR count). The Hall–Kier alpha value is -2.76. The maximum Gasteiger partial charge on any atom is 0.243 e. The first kappa shape index (κ1) is 27.8. The molecular formula is C30H35ClN2O2S. The molecule has 190 valence electrons. The topological polar surface area (TPSA) is 49.4 Å². The molecule has 0 aromatic heterocycles. The zero-order chi connectivity index (χ0) is 26.1. The number of thioether (sulfide) groups is 1. The van der Waals surface area contributed by atoms with Gasteiger partial charge in [0.05, 0.1) is 5.75 Å². The van der Waals surface area contributed by atoms with Gasteiger partial charge in [-0.25, -0.2) is 0 Å². The highest BCUT2D eigenvalue weighted by molar-refractivity contribution is 7.99. The lowest BCUT2D eigenvalue weighted by Crippen LogP contribution is -2.54. The van der Waals surface area contributed by atoms with Crippen LogP contribution in [0.3, 0.4) is 0 Å². The molecule has 0 radical (unpaired) electrons. The third kappa shape index (κ3) is 9.03. The van der Waals surface area contributed by atoms with E-state index >= 15 is 0 Å². The Balaban J connectivity index is 1.87. The van der Waals surface area contributed by atoms with E-state index in [2.05, 4.69) is 11.4 Å². The zero-order valence-corrected chi connectivity index (χ0v) is 23.0. The van der Waals surface area contributed by atoms with Crippen molar-refractivity contribution in [3.63, 3.8) is 0 Å². The van der Waals surface area contributed by atoms with Crippen molar-refractivity contribution in [3.05, 3.63) is 106 Å². The molecule has 3 aromatic rings. The highest BCUT2D eigenvalue weighted by Gasteiger charge is 2.32. The molecule has 0 saturated heterocycles. The molecule has 1 atom stereocenters. The Kier molecular flexibility index (Phi) is 10.0. The lowest BCUT2D eigenvalue weighted by Gasteiger charge is -2.34. The number of halogens is 1. The lowest BCUT2D eigenvalue weighted by molar-refractivity contribution is -0.140. The van der Waals surface area contributed by atoms with Crippen molar-refractivity contribution in [2.75, 3.05) is 5.75 Å². The Labute approximate surface area is 224 Å². The van der Waals surface area contributed by atoms with E-state index in [1.165, 1.54) is 11.8 Å². The third-order valence-corrected chi connectivity index (χ3v) is 6.81. The van der Waals surface area contributed by atoms with Crippen molar-refractivity contribution in [2.24, 2.45) is 0 Å². The minimum absolute atomic E-state index is 0.0616. The average molecular weight is 523 g/mol. The van der Waals surface area contributed by atoms with E-state index in [1.54, 1.807) is 4.90 Å². The summed E-state index contributed by atoms with van der Waals surface area (Å²) in [7, 11) is 0. The summed E-state index contributed by atoms with van der Waals surface area (Å²) in [6.07, 6.45) is 0.444. The SMILES string of the molecule is Cc1cccc(CN(C(=O)CSCc2cccc(Cl)c2)[C@@H](Cc2ccccc2)C(=O)NC(C)(C)C)c1. The lowest BCUT2D eigenvalue weighted by atomic mass is 10.0. The molecule has 0 aliphatic carbocycles. The molecule has 1 N–H and O–H groups in total. The summed E-state index contributed by atoms with van der Waals surface area (Å²) in [5.74, 6) is 0.731. The molecule has 0 unspecified atom stereocenters. The number of aryl methyl sites for hydroxylation is 1. The smallest absolute Gasteiger partial charge is 0.243 e. The minimum atomic E-state index is -0.633. The predicted octanol–water partition coefficient (Wildman–Crippen LogP) is 6.44. The van der Waals surface area contributed by atoms with Crippen LogP contribution in [0.5, 0.6) is 0 Å². The molecule has 4 nitrogen and oxygen atoms in total. The van der Waals surface area contributed by atoms with Crippen molar-refractivity contribution < 1.29 is 9.59 Å². The summed E-state index contributed by atoms with van der Waals surface area (Å²) in [4.78, 5) is 29.0. The Morgan fingerprint density at radius 3 is 2.25 bits per heavy atom. The Morgan fingerprint density at radius 1 is 0.917 bits per heavy atom. The highest BCUT2D eigenvalue weighted by atomic mass is 35.5. The fraction of sp³-hybridized carbons (Fsp3) is 0.333. The van der Waals surface area contributed by atoms with Gasteiger partial charge in [0.25, 0.3) is 0 Å². The van der Waals surface area contributed by atoms with E-state index in [-0.39, 0.29) is 17.6 Å². The number of nitrogens with one attached hydrogen (secondary N) is 1. The molecule has 0 fully saturated rings. The summed E-state index contributed by atoms with van der Waals surface area (Å²) < 4.78 is 0. The quantitative estimate of drug-likeness (QED) is 0.333. The van der Waals surface area contributed by atoms with Crippen molar-refractivity contribution >= 4 is 35.2 Å². The second-order valence-corrected chi connectivity index (χ2v) is 11.5. The van der Waals surface area contributed by atoms with E-state index in [9.17, 15) is 9.59 Å². The fourth-order valence-corrected chi connectivity index (χ4v) is 5.05. The number of carbonyl (C=O) groups is 2. The maximum atomic E-state index is 13.7. The normalized spacial score (nSPS) is 12.1. The van der Waals surface area contributed by atoms with E-state index in [0.29, 0.717) is 23.7 Å². The highest BCUT2D eigenvalue weighted by Crippen LogP contribution is 2.21. The van der Waals surface area contributed by atoms with Crippen LogP contribution < -0.4 is 5.32 Å². The van der Waals surface area contributed by atoms with Gasteiger partial charge in [-0.1, -0.05) is 83.9 Å². The third-order valence-electron chi connectivity index (χ3n) is 5.59. The van der Waals surface area contributed by atoms with E-state index in [4.69, 9.17) is 11.6 Å². The fourth-order valence-electron chi connectivity index (χ4n) is 3.98. The molecule has 6 heteroatoms. The van der Waals surface area contributed by atoms with Gasteiger partial charge in [0.15, 0.2) is 0 Å². The number of hydrogen-bond donors (Lipinski definition) is 1. The standard InChI is InChI=1S/C30H35ClN2O2S/c1-22-10-8-13-24(16-22)19-33(28(34)21-36-20-25-14-9-15-26(31)17-25)27(29(35)32-30(2,3)4)18-23-11-6-5-7-12-23/h5-17,27H,18-21H2,1-4H3,(H,32,35)/t27-/m0/s1. The van der Waals surface area contributed by atoms with Gasteiger partial charge >= 0.3 is 0 Å². The number of hydrogen-bond acceptors (Lipinski definition) is 3. The summed E-state index contributed by atoms with van der Waals surface area (Å²) in [5.41, 5.74) is 3.79. The first-order chi connectivity index (χ1) is 17.1. The summed E-state index contributed by atoms with van der Waals surface area (Å²) in [6, 6.07) is 25.0. The maximum absolute atomic E-state index is 13.7. The van der Waals surface area contributed by atoms with Gasteiger partial charge in [0, 0.05) is 29.3 Å². The molecule has 0 spiro atoms. The van der Waals surface area contributed by atoms with Crippen molar-refractivity contribution in [3.8, 4) is 0 Å². The van der Waals surface area contributed by atoms with Crippen LogP contribution in [0.2, 0.25) is 5.02 Å². The van der Waals surface area contributed by atoms with Gasteiger partial charge < -0.3 is 10.2 Å². The van der Waals surface area contributed by atoms with E-state index in [1.807, 2.05) is 100 Å². The molecule has 0 heterocycles. The van der Waals surface area contributed by atoms with Gasteiger partial charge in [0.1, 0.15) is 6.04 Å². The van der Waals surface area contributed by atoms with E-state index < -0.39 is 11.6 Å². The summed E-state index contributed by atoms with van der Waals surface area (Å²) >= 11 is 7.65. The first-order valence-electron chi connectivity index (χ1n) is 12.1. The van der Waals surface area contributed by atoms with Crippen LogP contribution >= 0.6 is 23.4 Å². The van der Waals surface area contributed by atoms with E-state index in [0.717, 1.165) is 22.3 Å². The number of benzene rings is 3. The van der Waals surface area contributed by atoms with Crippen molar-refractivity contribution in [2.45, 2.75) is 58.0 Å². The van der Waals surface area contributed by atoms with Crippen LogP contribution in [0, 0.1) is 6.92 Å². The molecule has 0 aliphatic heterocycles. The number of nitrogens with zero attached hydrogens (tertiary/aromatic N) is 1. The minimum Gasteiger partial charge on any atom is -0.350 e. The van der Waals surface area contributed by atoms with Gasteiger partial charge in [-0.05, 0) is 56.5 Å². The largest absolute Gasteiger partial charge is 0.350 e. The molecular weight excluding hydrogens is 488 g/mol. The van der Waals surface area contributed by atoms with Crippen LogP contribution in [-0.2, 0) is 28.3 Å². The Bertz CT molecular complexity index is 1160. The average Bonchev–Trinajstić information content (AvgIpc) is 2.81. The number of amides is 2. The number of rotatable bonds is 10. The second kappa shape index (κ2) is 13.0. The van der Waals surface area contributed by atoms with Crippen LogP contribution in [0.4, 0.5) is 0 Å². The van der Waals surface area contributed by atoms with Crippen LogP contribution in [0.25, 0.3) is 0 Å². The van der Waals surface area contributed by atoms with Gasteiger partial charge in [0.2, 0.25) is 11.8 Å². The molecule has 0 aliphatic rings. The second-order valence-electron chi connectivity index (χ2n) is 10.1. The van der Waals surface area contributed by atoms with Crippen molar-refractivity contribution in [1.82, 2.24) is 10.2 Å². The van der Waals surface area contributed by atoms with Crippen LogP contribution in [0.1, 0.15) is 43.0 Å². The molecule has 0 saturated carbocycles. The van der Waals surface area contributed by atoms with Crippen LogP contribution in [-0.4, -0.2) is 34.0 Å². The monoisotopic (exact) mass is 522 g/mol. The molecule has 2 amide bonds. The zero-order valence-electron chi connectivity index (χ0n) is 21.5. The number of carbonyl (C=O) groups excluding carboxylic acids is 2. The predicted molar refractivity (Wildman–Crippen MR) is 151 cm³/mol. The summed E-state index contributed by atoms with van der Waals surface area (Å²) in [6.45, 7) is 8.27. The first-order valence-corrected chi connectivity index (χ1v) is 13.7. The molecule has 36 heavy (non-hydrogen) atoms. The van der Waals surface area contributed by atoms with Crippen molar-refractivity contribution in [1.29, 1.82) is 0 Å². The van der Waals surface area contributed by atoms with Gasteiger partial charge in [-0.2, -0.15) is 0 Å². The van der Waals surface area contributed by atoms with Crippen LogP contribution in [0.15, 0.2) is 78.9 Å². The summed E-state index contributed by atoms with van der Waals surface area (Å²) in [5, 5.41) is 3.79. The van der Waals surface area contributed by atoms with Gasteiger partial charge in [-0.15, -0.1) is 11.8 Å². The Morgan fingerprint density at radius 2 is 1.58 bits per heavy atom. The van der Waals surface area contributed by atoms with Gasteiger partial charge in [-0.3, -0.25) is 9.59 Å².